The highest BCUT2D eigenvalue weighted by Gasteiger charge is 2.32. The van der Waals surface area contributed by atoms with Crippen LogP contribution in [0.25, 0.3) is 39.5 Å². The van der Waals surface area contributed by atoms with Crippen LogP contribution >= 0.6 is 0 Å². The Balaban J connectivity index is 0.000000262. The molecule has 1 aliphatic heterocycles. The fourth-order valence-electron chi connectivity index (χ4n) is 5.96. The van der Waals surface area contributed by atoms with Crippen molar-refractivity contribution in [2.45, 2.75) is 44.4 Å². The summed E-state index contributed by atoms with van der Waals surface area (Å²) in [5, 5.41) is 6.65. The number of imidazole rings is 1. The van der Waals surface area contributed by atoms with Crippen molar-refractivity contribution >= 4 is 22.9 Å². The molecule has 1 aliphatic carbocycles. The molecule has 1 fully saturated rings. The van der Waals surface area contributed by atoms with E-state index in [1.807, 2.05) is 28.6 Å². The van der Waals surface area contributed by atoms with Crippen molar-refractivity contribution in [2.75, 3.05) is 25.9 Å². The van der Waals surface area contributed by atoms with Gasteiger partial charge in [0.1, 0.15) is 11.3 Å². The number of anilines is 1. The molecule has 0 atom stereocenters. The lowest BCUT2D eigenvalue weighted by molar-refractivity contribution is -0.212. The number of benzene rings is 1. The standard InChI is InChI=1S/C24H18F3N7.C9H16N2O/c25-24(26,27)33-13-16(12-30-33)19-8-9-20-23(31-19)34(17-7-6-14-3-1-4-15(14)11-17)22(32-20)18-5-2-10-29-21(18)28;1-3-9(12)11-6-4-8(10-2)5-7-11/h2,5-13H,1,3-4H2,(H2,28,29);3,8,10H,1,4-7H2,2H3. The maximum atomic E-state index is 13.0. The van der Waals surface area contributed by atoms with Crippen LogP contribution in [0.1, 0.15) is 30.4 Å². The van der Waals surface area contributed by atoms with Gasteiger partial charge in [0.15, 0.2) is 11.5 Å². The number of nitrogens with two attached hydrogens (primary N) is 1. The molecule has 7 rings (SSSR count). The van der Waals surface area contributed by atoms with Gasteiger partial charge in [0.2, 0.25) is 5.91 Å². The summed E-state index contributed by atoms with van der Waals surface area (Å²) in [6.07, 6.45) is 5.73. The van der Waals surface area contributed by atoms with Gasteiger partial charge in [0.25, 0.3) is 0 Å². The number of amides is 1. The number of fused-ring (bicyclic) bond motifs is 2. The molecule has 0 spiro atoms. The number of nitrogens with one attached hydrogen (secondary N) is 1. The van der Waals surface area contributed by atoms with Gasteiger partial charge in [-0.1, -0.05) is 12.6 Å². The molecule has 1 saturated heterocycles. The number of likely N-dealkylation sites (tertiary alicyclic amines) is 1. The zero-order valence-corrected chi connectivity index (χ0v) is 25.3. The number of nitrogens with zero attached hydrogens (tertiary/aromatic N) is 7. The number of hydrogen-bond acceptors (Lipinski definition) is 7. The Kier molecular flexibility index (Phi) is 8.59. The van der Waals surface area contributed by atoms with Crippen LogP contribution in [0.5, 0.6) is 0 Å². The molecule has 0 bridgehead atoms. The molecule has 5 heterocycles. The predicted molar refractivity (Wildman–Crippen MR) is 170 cm³/mol. The summed E-state index contributed by atoms with van der Waals surface area (Å²) in [5.41, 5.74) is 12.0. The van der Waals surface area contributed by atoms with Crippen LogP contribution in [0.2, 0.25) is 0 Å². The second-order valence-corrected chi connectivity index (χ2v) is 11.3. The molecule has 238 valence electrons. The molecule has 5 aromatic rings. The number of alkyl halides is 3. The number of pyridine rings is 2. The largest absolute Gasteiger partial charge is 0.504 e. The van der Waals surface area contributed by atoms with Gasteiger partial charge < -0.3 is 16.0 Å². The number of aromatic nitrogens is 6. The first-order valence-corrected chi connectivity index (χ1v) is 15.1. The lowest BCUT2D eigenvalue weighted by atomic mass is 10.1. The van der Waals surface area contributed by atoms with Crippen LogP contribution in [0.4, 0.5) is 19.0 Å². The van der Waals surface area contributed by atoms with Crippen molar-refractivity contribution in [1.29, 1.82) is 0 Å². The Bertz CT molecular complexity index is 1890. The number of carbonyl (C=O) groups excluding carboxylic acids is 1. The third-order valence-corrected chi connectivity index (χ3v) is 8.45. The average molecular weight is 630 g/mol. The van der Waals surface area contributed by atoms with E-state index >= 15 is 0 Å². The van der Waals surface area contributed by atoms with Crippen LogP contribution in [0.15, 0.2) is 73.7 Å². The minimum atomic E-state index is -4.60. The lowest BCUT2D eigenvalue weighted by Gasteiger charge is -2.30. The summed E-state index contributed by atoms with van der Waals surface area (Å²) in [6.45, 7) is 5.18. The fraction of sp³-hybridized carbons (Fsp3) is 0.303. The van der Waals surface area contributed by atoms with Crippen molar-refractivity contribution in [3.63, 3.8) is 0 Å². The molecule has 3 N–H and O–H groups in total. The normalized spacial score (nSPS) is 15.0. The Labute approximate surface area is 263 Å². The summed E-state index contributed by atoms with van der Waals surface area (Å²) >= 11 is 0. The molecular weight excluding hydrogens is 595 g/mol. The summed E-state index contributed by atoms with van der Waals surface area (Å²) in [4.78, 5) is 26.7. The number of rotatable bonds is 5. The van der Waals surface area contributed by atoms with Gasteiger partial charge >= 0.3 is 6.30 Å². The molecular formula is C33H34F3N9O. The van der Waals surface area contributed by atoms with Gasteiger partial charge in [-0.05, 0) is 92.8 Å². The average Bonchev–Trinajstić information content (AvgIpc) is 3.83. The highest BCUT2D eigenvalue weighted by Crippen LogP contribution is 2.34. The SMILES string of the molecule is C=CC(=O)N1CCC(NC)CC1.Nc1ncccc1-c1nc2ccc(-c3cnn(C(F)(F)F)c3)nc2n1-c1ccc2c(c1)CCC2. The number of nitrogen functional groups attached to an aromatic ring is 1. The maximum Gasteiger partial charge on any atom is 0.504 e. The second-order valence-electron chi connectivity index (χ2n) is 11.3. The lowest BCUT2D eigenvalue weighted by Crippen LogP contribution is -2.43. The second kappa shape index (κ2) is 12.8. The van der Waals surface area contributed by atoms with Gasteiger partial charge in [-0.25, -0.2) is 15.0 Å². The molecule has 0 radical (unpaired) electrons. The number of halogens is 3. The molecule has 13 heteroatoms. The Hall–Kier alpha value is -5.04. The van der Waals surface area contributed by atoms with Gasteiger partial charge in [-0.15, -0.1) is 13.2 Å². The molecule has 2 aliphatic rings. The Morgan fingerprint density at radius 1 is 1.09 bits per heavy atom. The fourth-order valence-corrected chi connectivity index (χ4v) is 5.96. The van der Waals surface area contributed by atoms with Crippen LogP contribution in [0, 0.1) is 0 Å². The summed E-state index contributed by atoms with van der Waals surface area (Å²) in [6, 6.07) is 13.8. The van der Waals surface area contributed by atoms with Crippen LogP contribution in [-0.4, -0.2) is 66.3 Å². The first-order valence-electron chi connectivity index (χ1n) is 15.1. The molecule has 1 aromatic carbocycles. The summed E-state index contributed by atoms with van der Waals surface area (Å²) in [7, 11) is 1.97. The zero-order valence-electron chi connectivity index (χ0n) is 25.3. The van der Waals surface area contributed by atoms with E-state index in [2.05, 4.69) is 34.1 Å². The van der Waals surface area contributed by atoms with Crippen molar-refractivity contribution < 1.29 is 18.0 Å². The van der Waals surface area contributed by atoms with Crippen molar-refractivity contribution in [2.24, 2.45) is 0 Å². The highest BCUT2D eigenvalue weighted by molar-refractivity contribution is 5.87. The third-order valence-electron chi connectivity index (χ3n) is 8.45. The first-order chi connectivity index (χ1) is 22.2. The van der Waals surface area contributed by atoms with Gasteiger partial charge in [-0.2, -0.15) is 9.78 Å². The van der Waals surface area contributed by atoms with Crippen LogP contribution < -0.4 is 11.1 Å². The smallest absolute Gasteiger partial charge is 0.383 e. The van der Waals surface area contributed by atoms with E-state index in [0.29, 0.717) is 40.1 Å². The van der Waals surface area contributed by atoms with Crippen molar-refractivity contribution in [3.05, 3.63) is 84.8 Å². The number of carbonyl (C=O) groups is 1. The molecule has 1 amide bonds. The van der Waals surface area contributed by atoms with Crippen LogP contribution in [0.3, 0.4) is 0 Å². The van der Waals surface area contributed by atoms with E-state index in [0.717, 1.165) is 63.3 Å². The first kappa shape index (κ1) is 31.0. The van der Waals surface area contributed by atoms with E-state index in [1.54, 1.807) is 24.4 Å². The van der Waals surface area contributed by atoms with E-state index < -0.39 is 6.30 Å². The van der Waals surface area contributed by atoms with E-state index in [4.69, 9.17) is 15.7 Å². The predicted octanol–water partition coefficient (Wildman–Crippen LogP) is 5.28. The topological polar surface area (TPSA) is 120 Å². The maximum absolute atomic E-state index is 13.0. The van der Waals surface area contributed by atoms with E-state index in [-0.39, 0.29) is 16.2 Å². The molecule has 0 unspecified atom stereocenters. The van der Waals surface area contributed by atoms with Gasteiger partial charge in [0.05, 0.1) is 17.5 Å². The van der Waals surface area contributed by atoms with E-state index in [9.17, 15) is 18.0 Å². The van der Waals surface area contributed by atoms with Gasteiger partial charge in [0, 0.05) is 42.8 Å². The van der Waals surface area contributed by atoms with Crippen LogP contribution in [-0.2, 0) is 23.9 Å². The minimum Gasteiger partial charge on any atom is -0.383 e. The third kappa shape index (κ3) is 6.23. The quantitative estimate of drug-likeness (QED) is 0.254. The van der Waals surface area contributed by atoms with Crippen molar-refractivity contribution in [1.82, 2.24) is 39.5 Å². The Morgan fingerprint density at radius 3 is 2.57 bits per heavy atom. The highest BCUT2D eigenvalue weighted by atomic mass is 19.4. The molecule has 10 nitrogen and oxygen atoms in total. The summed E-state index contributed by atoms with van der Waals surface area (Å²) < 4.78 is 41.0. The molecule has 46 heavy (non-hydrogen) atoms. The van der Waals surface area contributed by atoms with E-state index in [1.165, 1.54) is 17.2 Å². The Morgan fingerprint density at radius 2 is 1.87 bits per heavy atom. The monoisotopic (exact) mass is 629 g/mol. The zero-order chi connectivity index (χ0) is 32.4. The number of hydrogen-bond donors (Lipinski definition) is 2. The molecule has 0 saturated carbocycles. The number of aryl methyl sites for hydroxylation is 2. The minimum absolute atomic E-state index is 0.0340. The molecule has 4 aromatic heterocycles. The number of piperidine rings is 1. The summed E-state index contributed by atoms with van der Waals surface area (Å²) in [5.74, 6) is 0.950. The van der Waals surface area contributed by atoms with Crippen molar-refractivity contribution in [3.8, 4) is 28.3 Å². The van der Waals surface area contributed by atoms with Gasteiger partial charge in [-0.3, -0.25) is 9.36 Å².